The van der Waals surface area contributed by atoms with Crippen LogP contribution in [0.25, 0.3) is 0 Å². The van der Waals surface area contributed by atoms with E-state index in [2.05, 4.69) is 5.32 Å². The van der Waals surface area contributed by atoms with Crippen molar-refractivity contribution in [2.75, 3.05) is 6.54 Å². The Morgan fingerprint density at radius 3 is 2.70 bits per heavy atom. The van der Waals surface area contributed by atoms with E-state index < -0.39 is 23.0 Å². The third kappa shape index (κ3) is 6.74. The number of carbonyl (C=O) groups is 2. The molecular weight excluding hydrogens is 306 g/mol. The summed E-state index contributed by atoms with van der Waals surface area (Å²) >= 11 is 0. The van der Waals surface area contributed by atoms with Gasteiger partial charge in [-0.3, -0.25) is 14.9 Å². The van der Waals surface area contributed by atoms with Gasteiger partial charge in [0.15, 0.2) is 0 Å². The molecule has 0 saturated heterocycles. The number of aliphatic carboxylic acids is 1. The average molecular weight is 325 g/mol. The van der Waals surface area contributed by atoms with Crippen molar-refractivity contribution >= 4 is 17.7 Å². The van der Waals surface area contributed by atoms with E-state index in [1.807, 2.05) is 0 Å². The van der Waals surface area contributed by atoms with Gasteiger partial charge < -0.3 is 20.9 Å². The summed E-state index contributed by atoms with van der Waals surface area (Å²) in [5, 5.41) is 21.9. The minimum absolute atomic E-state index is 0.108. The smallest absolute Gasteiger partial charge is 0.407 e. The predicted molar refractivity (Wildman–Crippen MR) is 80.7 cm³/mol. The second-order valence-corrected chi connectivity index (χ2v) is 4.83. The average Bonchev–Trinajstić information content (AvgIpc) is 2.52. The molecule has 1 amide bonds. The zero-order valence-corrected chi connectivity index (χ0v) is 12.4. The molecule has 0 spiro atoms. The van der Waals surface area contributed by atoms with Gasteiger partial charge in [-0.1, -0.05) is 12.1 Å². The minimum atomic E-state index is -1.05. The van der Waals surface area contributed by atoms with Crippen LogP contribution >= 0.6 is 0 Å². The fourth-order valence-corrected chi connectivity index (χ4v) is 1.81. The Hall–Kier alpha value is -2.68. The standard InChI is InChI=1S/C14H19N3O6/c15-11(13(18)19)6-3-4-8-16-14(20)23-9-10-5-1-2-7-12(10)17(21)22/h1-2,5,7,11H,3-4,6,8-9,15H2,(H,16,20)(H,18,19)/t11-/m1/s1. The number of para-hydroxylation sites is 1. The summed E-state index contributed by atoms with van der Waals surface area (Å²) < 4.78 is 4.91. The number of nitrogens with one attached hydrogen (secondary N) is 1. The molecule has 0 fully saturated rings. The maximum absolute atomic E-state index is 11.5. The molecule has 0 aliphatic rings. The number of hydrogen-bond donors (Lipinski definition) is 3. The Kier molecular flexibility index (Phi) is 7.48. The van der Waals surface area contributed by atoms with Gasteiger partial charge in [-0.15, -0.1) is 0 Å². The first-order chi connectivity index (χ1) is 10.9. The molecule has 1 atom stereocenters. The molecule has 1 aromatic carbocycles. The molecule has 0 bridgehead atoms. The van der Waals surface area contributed by atoms with Gasteiger partial charge in [0.1, 0.15) is 12.6 Å². The molecule has 9 nitrogen and oxygen atoms in total. The number of unbranched alkanes of at least 4 members (excludes halogenated alkanes) is 1. The Labute approximate surface area is 132 Å². The zero-order chi connectivity index (χ0) is 17.2. The van der Waals surface area contributed by atoms with Crippen LogP contribution in [0.4, 0.5) is 10.5 Å². The summed E-state index contributed by atoms with van der Waals surface area (Å²) in [4.78, 5) is 32.3. The number of rotatable bonds is 9. The van der Waals surface area contributed by atoms with E-state index in [0.29, 0.717) is 31.4 Å². The van der Waals surface area contributed by atoms with Gasteiger partial charge in [-0.05, 0) is 25.3 Å². The highest BCUT2D eigenvalue weighted by molar-refractivity contribution is 5.72. The zero-order valence-electron chi connectivity index (χ0n) is 12.4. The number of alkyl carbamates (subject to hydrolysis) is 1. The summed E-state index contributed by atoms with van der Waals surface area (Å²) in [6.07, 6.45) is 0.743. The van der Waals surface area contributed by atoms with Crippen molar-refractivity contribution in [3.05, 3.63) is 39.9 Å². The van der Waals surface area contributed by atoms with Crippen LogP contribution in [0.15, 0.2) is 24.3 Å². The van der Waals surface area contributed by atoms with Crippen LogP contribution in [0, 0.1) is 10.1 Å². The van der Waals surface area contributed by atoms with Crippen molar-refractivity contribution < 1.29 is 24.4 Å². The summed E-state index contributed by atoms with van der Waals surface area (Å²) in [6.45, 7) is 0.106. The van der Waals surface area contributed by atoms with Gasteiger partial charge in [0.2, 0.25) is 0 Å². The van der Waals surface area contributed by atoms with Crippen molar-refractivity contribution in [2.45, 2.75) is 31.9 Å². The molecule has 23 heavy (non-hydrogen) atoms. The molecular formula is C14H19N3O6. The van der Waals surface area contributed by atoms with Crippen LogP contribution in [0.2, 0.25) is 0 Å². The highest BCUT2D eigenvalue weighted by Gasteiger charge is 2.14. The summed E-state index contributed by atoms with van der Waals surface area (Å²) in [6, 6.07) is 5.10. The highest BCUT2D eigenvalue weighted by Crippen LogP contribution is 2.18. The third-order valence-corrected chi connectivity index (χ3v) is 3.08. The molecule has 0 saturated carbocycles. The topological polar surface area (TPSA) is 145 Å². The largest absolute Gasteiger partial charge is 0.480 e. The first-order valence-corrected chi connectivity index (χ1v) is 7.03. The Morgan fingerprint density at radius 1 is 1.35 bits per heavy atom. The lowest BCUT2D eigenvalue weighted by Gasteiger charge is -2.08. The molecule has 1 aromatic rings. The lowest BCUT2D eigenvalue weighted by atomic mass is 10.1. The number of carbonyl (C=O) groups excluding carboxylic acids is 1. The molecule has 4 N–H and O–H groups in total. The number of nitro benzene ring substituents is 1. The van der Waals surface area contributed by atoms with E-state index in [-0.39, 0.29) is 12.3 Å². The highest BCUT2D eigenvalue weighted by atomic mass is 16.6. The Bertz CT molecular complexity index is 563. The fourth-order valence-electron chi connectivity index (χ4n) is 1.81. The van der Waals surface area contributed by atoms with Gasteiger partial charge in [-0.25, -0.2) is 4.79 Å². The van der Waals surface area contributed by atoms with Gasteiger partial charge in [0, 0.05) is 12.6 Å². The first-order valence-electron chi connectivity index (χ1n) is 7.03. The summed E-state index contributed by atoms with van der Waals surface area (Å²) in [5.41, 5.74) is 5.54. The molecule has 0 aliphatic carbocycles. The van der Waals surface area contributed by atoms with E-state index in [1.165, 1.54) is 18.2 Å². The molecule has 9 heteroatoms. The predicted octanol–water partition coefficient (Wildman–Crippen LogP) is 1.40. The summed E-state index contributed by atoms with van der Waals surface area (Å²) in [7, 11) is 0. The van der Waals surface area contributed by atoms with E-state index in [4.69, 9.17) is 15.6 Å². The van der Waals surface area contributed by atoms with E-state index in [1.54, 1.807) is 6.07 Å². The number of carboxylic acid groups (broad SMARTS) is 1. The Balaban J connectivity index is 2.25. The summed E-state index contributed by atoms with van der Waals surface area (Å²) in [5.74, 6) is -1.05. The number of carboxylic acids is 1. The van der Waals surface area contributed by atoms with Crippen LogP contribution in [-0.4, -0.2) is 34.7 Å². The van der Waals surface area contributed by atoms with Gasteiger partial charge in [0.25, 0.3) is 5.69 Å². The third-order valence-electron chi connectivity index (χ3n) is 3.08. The SMILES string of the molecule is N[C@H](CCCCNC(=O)OCc1ccccc1[N+](=O)[O-])C(=O)O. The quantitative estimate of drug-likeness (QED) is 0.353. The molecule has 0 radical (unpaired) electrons. The van der Waals surface area contributed by atoms with Crippen molar-refractivity contribution in [2.24, 2.45) is 5.73 Å². The van der Waals surface area contributed by atoms with E-state index >= 15 is 0 Å². The van der Waals surface area contributed by atoms with Crippen LogP contribution in [-0.2, 0) is 16.1 Å². The lowest BCUT2D eigenvalue weighted by Crippen LogP contribution is -2.30. The lowest BCUT2D eigenvalue weighted by molar-refractivity contribution is -0.385. The normalized spacial score (nSPS) is 11.5. The maximum Gasteiger partial charge on any atom is 0.407 e. The number of hydrogen-bond acceptors (Lipinski definition) is 6. The molecule has 126 valence electrons. The first kappa shape index (κ1) is 18.4. The van der Waals surface area contributed by atoms with E-state index in [0.717, 1.165) is 0 Å². The van der Waals surface area contributed by atoms with Crippen molar-refractivity contribution in [3.63, 3.8) is 0 Å². The maximum atomic E-state index is 11.5. The molecule has 0 aliphatic heterocycles. The molecule has 0 heterocycles. The molecule has 1 rings (SSSR count). The number of ether oxygens (including phenoxy) is 1. The number of nitrogens with two attached hydrogens (primary N) is 1. The van der Waals surface area contributed by atoms with Gasteiger partial charge in [-0.2, -0.15) is 0 Å². The van der Waals surface area contributed by atoms with Crippen LogP contribution in [0.1, 0.15) is 24.8 Å². The van der Waals surface area contributed by atoms with Crippen molar-refractivity contribution in [1.29, 1.82) is 0 Å². The second-order valence-electron chi connectivity index (χ2n) is 4.83. The van der Waals surface area contributed by atoms with Crippen molar-refractivity contribution in [1.82, 2.24) is 5.32 Å². The van der Waals surface area contributed by atoms with Gasteiger partial charge >= 0.3 is 12.1 Å². The second kappa shape index (κ2) is 9.36. The minimum Gasteiger partial charge on any atom is -0.480 e. The monoisotopic (exact) mass is 325 g/mol. The van der Waals surface area contributed by atoms with Crippen LogP contribution in [0.5, 0.6) is 0 Å². The van der Waals surface area contributed by atoms with E-state index in [9.17, 15) is 19.7 Å². The van der Waals surface area contributed by atoms with Gasteiger partial charge in [0.05, 0.1) is 10.5 Å². The van der Waals surface area contributed by atoms with Crippen LogP contribution in [0.3, 0.4) is 0 Å². The van der Waals surface area contributed by atoms with Crippen molar-refractivity contribution in [3.8, 4) is 0 Å². The number of nitrogens with zero attached hydrogens (tertiary/aromatic N) is 1. The Morgan fingerprint density at radius 2 is 2.04 bits per heavy atom. The number of nitro groups is 1. The number of amides is 1. The fraction of sp³-hybridized carbons (Fsp3) is 0.429. The molecule has 0 aromatic heterocycles. The molecule has 0 unspecified atom stereocenters. The van der Waals surface area contributed by atoms with Crippen LogP contribution < -0.4 is 11.1 Å². The number of benzene rings is 1.